The topological polar surface area (TPSA) is 24.4 Å². The lowest BCUT2D eigenvalue weighted by atomic mass is 9.75. The van der Waals surface area contributed by atoms with Gasteiger partial charge in [0, 0.05) is 18.0 Å². The van der Waals surface area contributed by atoms with E-state index in [0.29, 0.717) is 11.1 Å². The Balaban J connectivity index is 1.69. The van der Waals surface area contributed by atoms with Crippen LogP contribution in [0.3, 0.4) is 0 Å². The predicted octanol–water partition coefficient (Wildman–Crippen LogP) is 5.60. The maximum Gasteiger partial charge on any atom is 0.161 e. The summed E-state index contributed by atoms with van der Waals surface area (Å²) in [4.78, 5) is 4.67. The Morgan fingerprint density at radius 1 is 1.14 bits per heavy atom. The van der Waals surface area contributed by atoms with Crippen LogP contribution in [-0.4, -0.2) is 17.5 Å². The Morgan fingerprint density at radius 3 is 2.38 bits per heavy atom. The van der Waals surface area contributed by atoms with Crippen molar-refractivity contribution in [2.75, 3.05) is 17.6 Å². The molecule has 1 fully saturated rings. The van der Waals surface area contributed by atoms with Gasteiger partial charge in [-0.2, -0.15) is 0 Å². The zero-order valence-electron chi connectivity index (χ0n) is 11.6. The van der Waals surface area contributed by atoms with Crippen molar-refractivity contribution in [3.63, 3.8) is 0 Å². The van der Waals surface area contributed by atoms with Gasteiger partial charge in [-0.25, -0.2) is 4.39 Å². The third-order valence-corrected chi connectivity index (χ3v) is 6.03. The Labute approximate surface area is 138 Å². The van der Waals surface area contributed by atoms with E-state index in [2.05, 4.69) is 10.3 Å². The van der Waals surface area contributed by atoms with Crippen molar-refractivity contribution in [1.82, 2.24) is 0 Å². The molecular weight excluding hydrogens is 330 g/mol. The van der Waals surface area contributed by atoms with Gasteiger partial charge in [0.1, 0.15) is 0 Å². The molecule has 1 aromatic carbocycles. The summed E-state index contributed by atoms with van der Waals surface area (Å²) in [5.41, 5.74) is 1.07. The smallest absolute Gasteiger partial charge is 0.161 e. The molecule has 1 aliphatic carbocycles. The largest absolute Gasteiger partial charge is 0.335 e. The molecule has 1 spiro atoms. The van der Waals surface area contributed by atoms with Crippen molar-refractivity contribution >= 4 is 45.8 Å². The van der Waals surface area contributed by atoms with Crippen LogP contribution in [0.15, 0.2) is 17.1 Å². The molecular formula is C15H17Cl2FN2S. The molecule has 3 rings (SSSR count). The Hall–Kier alpha value is -0.450. The van der Waals surface area contributed by atoms with Crippen LogP contribution in [0.25, 0.3) is 0 Å². The first-order valence-electron chi connectivity index (χ1n) is 7.17. The Kier molecular flexibility index (Phi) is 4.67. The maximum atomic E-state index is 13.4. The van der Waals surface area contributed by atoms with Crippen LogP contribution in [0.4, 0.5) is 10.1 Å². The summed E-state index contributed by atoms with van der Waals surface area (Å²) in [6.07, 6.45) is 6.56. The van der Waals surface area contributed by atoms with E-state index in [1.165, 1.54) is 44.2 Å². The molecule has 2 aliphatic rings. The van der Waals surface area contributed by atoms with Crippen molar-refractivity contribution in [1.29, 1.82) is 0 Å². The summed E-state index contributed by atoms with van der Waals surface area (Å²) in [6.45, 7) is 0.880. The van der Waals surface area contributed by atoms with Gasteiger partial charge in [0.25, 0.3) is 0 Å². The molecule has 1 saturated carbocycles. The summed E-state index contributed by atoms with van der Waals surface area (Å²) in [6, 6.07) is 3.08. The van der Waals surface area contributed by atoms with Crippen molar-refractivity contribution in [2.24, 2.45) is 10.4 Å². The van der Waals surface area contributed by atoms with Crippen molar-refractivity contribution in [3.05, 3.63) is 28.0 Å². The molecule has 0 radical (unpaired) electrons. The van der Waals surface area contributed by atoms with E-state index in [1.807, 2.05) is 0 Å². The lowest BCUT2D eigenvalue weighted by Crippen LogP contribution is -2.35. The van der Waals surface area contributed by atoms with E-state index in [9.17, 15) is 4.39 Å². The molecule has 2 nitrogen and oxygen atoms in total. The van der Waals surface area contributed by atoms with Gasteiger partial charge in [-0.05, 0) is 30.4 Å². The second-order valence-electron chi connectivity index (χ2n) is 5.85. The van der Waals surface area contributed by atoms with Gasteiger partial charge in [0.05, 0.1) is 10.0 Å². The van der Waals surface area contributed by atoms with Gasteiger partial charge >= 0.3 is 0 Å². The normalized spacial score (nSPS) is 21.2. The Morgan fingerprint density at radius 2 is 1.81 bits per heavy atom. The number of hydrogen-bond acceptors (Lipinski definition) is 3. The highest BCUT2D eigenvalue weighted by Crippen LogP contribution is 2.42. The molecule has 0 bridgehead atoms. The lowest BCUT2D eigenvalue weighted by molar-refractivity contribution is 0.232. The van der Waals surface area contributed by atoms with Crippen molar-refractivity contribution < 1.29 is 4.39 Å². The number of benzene rings is 1. The highest BCUT2D eigenvalue weighted by molar-refractivity contribution is 8.14. The highest BCUT2D eigenvalue weighted by Gasteiger charge is 2.34. The molecule has 0 atom stereocenters. The molecule has 21 heavy (non-hydrogen) atoms. The third-order valence-electron chi connectivity index (χ3n) is 4.22. The van der Waals surface area contributed by atoms with E-state index in [4.69, 9.17) is 23.2 Å². The molecule has 1 heterocycles. The average molecular weight is 347 g/mol. The Bertz CT molecular complexity index is 548. The molecule has 6 heteroatoms. The minimum absolute atomic E-state index is 0.0233. The zero-order chi connectivity index (χ0) is 14.9. The van der Waals surface area contributed by atoms with Crippen LogP contribution in [-0.2, 0) is 0 Å². The summed E-state index contributed by atoms with van der Waals surface area (Å²) in [7, 11) is 0. The fourth-order valence-corrected chi connectivity index (χ4v) is 4.64. The quantitative estimate of drug-likeness (QED) is 0.669. The number of rotatable bonds is 1. The second kappa shape index (κ2) is 6.35. The highest BCUT2D eigenvalue weighted by atomic mass is 35.5. The fourth-order valence-electron chi connectivity index (χ4n) is 2.98. The first-order chi connectivity index (χ1) is 10.1. The van der Waals surface area contributed by atoms with E-state index >= 15 is 0 Å². The molecule has 0 saturated heterocycles. The minimum atomic E-state index is -0.580. The first-order valence-corrected chi connectivity index (χ1v) is 8.91. The molecule has 0 amide bonds. The zero-order valence-corrected chi connectivity index (χ0v) is 13.9. The molecule has 114 valence electrons. The van der Waals surface area contributed by atoms with Crippen LogP contribution in [0.5, 0.6) is 0 Å². The molecule has 0 aromatic heterocycles. The van der Waals surface area contributed by atoms with E-state index < -0.39 is 5.82 Å². The summed E-state index contributed by atoms with van der Waals surface area (Å²) in [5.74, 6) is 0.518. The van der Waals surface area contributed by atoms with Crippen LogP contribution >= 0.6 is 35.0 Å². The van der Waals surface area contributed by atoms with Crippen LogP contribution < -0.4 is 5.32 Å². The number of anilines is 1. The van der Waals surface area contributed by atoms with Gasteiger partial charge in [0.2, 0.25) is 0 Å². The van der Waals surface area contributed by atoms with Gasteiger partial charge < -0.3 is 5.32 Å². The van der Waals surface area contributed by atoms with Gasteiger partial charge in [-0.3, -0.25) is 4.99 Å². The third kappa shape index (κ3) is 3.49. The van der Waals surface area contributed by atoms with Crippen molar-refractivity contribution in [3.8, 4) is 0 Å². The van der Waals surface area contributed by atoms with Crippen LogP contribution in [0.2, 0.25) is 10.0 Å². The maximum absolute atomic E-state index is 13.4. The number of aliphatic imine (C=N–C) groups is 1. The number of nitrogens with zero attached hydrogens (tertiary/aromatic N) is 1. The summed E-state index contributed by atoms with van der Waals surface area (Å²) in [5, 5.41) is 4.10. The van der Waals surface area contributed by atoms with E-state index in [-0.39, 0.29) is 10.0 Å². The molecule has 1 aliphatic heterocycles. The van der Waals surface area contributed by atoms with Crippen LogP contribution in [0, 0.1) is 11.2 Å². The average Bonchev–Trinajstić information content (AvgIpc) is 2.48. The van der Waals surface area contributed by atoms with Gasteiger partial charge in [-0.1, -0.05) is 54.2 Å². The van der Waals surface area contributed by atoms with Gasteiger partial charge in [0.15, 0.2) is 11.0 Å². The SMILES string of the molecule is Fc1c(Cl)cc(NC2=NCC3(CCCCC3)CS2)cc1Cl. The van der Waals surface area contributed by atoms with E-state index in [0.717, 1.165) is 17.5 Å². The number of nitrogens with one attached hydrogen (secondary N) is 1. The molecule has 0 unspecified atom stereocenters. The lowest BCUT2D eigenvalue weighted by Gasteiger charge is -2.38. The first kappa shape index (κ1) is 15.4. The standard InChI is InChI=1S/C15H17Cl2FN2S/c16-11-6-10(7-12(17)13(11)18)20-14-19-8-15(9-21-14)4-2-1-3-5-15/h6-7H,1-5,8-9H2,(H,19,20). The minimum Gasteiger partial charge on any atom is -0.335 e. The number of hydrogen-bond donors (Lipinski definition) is 1. The fraction of sp³-hybridized carbons (Fsp3) is 0.533. The molecule has 1 aromatic rings. The van der Waals surface area contributed by atoms with Gasteiger partial charge in [-0.15, -0.1) is 0 Å². The van der Waals surface area contributed by atoms with E-state index in [1.54, 1.807) is 11.8 Å². The van der Waals surface area contributed by atoms with Crippen LogP contribution in [0.1, 0.15) is 32.1 Å². The number of amidine groups is 1. The predicted molar refractivity (Wildman–Crippen MR) is 90.3 cm³/mol. The summed E-state index contributed by atoms with van der Waals surface area (Å²) >= 11 is 13.4. The second-order valence-corrected chi connectivity index (χ2v) is 7.63. The number of thioether (sulfide) groups is 1. The molecule has 1 N–H and O–H groups in total. The van der Waals surface area contributed by atoms with Crippen molar-refractivity contribution in [2.45, 2.75) is 32.1 Å². The monoisotopic (exact) mass is 346 g/mol. The number of halogens is 3. The summed E-state index contributed by atoms with van der Waals surface area (Å²) < 4.78 is 13.4.